The highest BCUT2D eigenvalue weighted by atomic mass is 32.2. The first kappa shape index (κ1) is 25.5. The van der Waals surface area contributed by atoms with Crippen LogP contribution in [-0.4, -0.2) is 97.3 Å². The van der Waals surface area contributed by atoms with Crippen molar-refractivity contribution in [2.45, 2.75) is 49.0 Å². The summed E-state index contributed by atoms with van der Waals surface area (Å²) in [5.41, 5.74) is 0.403. The Morgan fingerprint density at radius 1 is 1.11 bits per heavy atom. The summed E-state index contributed by atoms with van der Waals surface area (Å²) in [4.78, 5) is 78.8. The van der Waals surface area contributed by atoms with Gasteiger partial charge in [0.2, 0.25) is 11.8 Å². The van der Waals surface area contributed by atoms with E-state index >= 15 is 0 Å². The van der Waals surface area contributed by atoms with E-state index in [1.165, 1.54) is 21.6 Å². The second-order valence-electron chi connectivity index (χ2n) is 9.22. The van der Waals surface area contributed by atoms with Gasteiger partial charge in [-0.3, -0.25) is 24.1 Å². The molecule has 0 unspecified atom stereocenters. The van der Waals surface area contributed by atoms with Gasteiger partial charge < -0.3 is 25.5 Å². The summed E-state index contributed by atoms with van der Waals surface area (Å²) >= 11 is 1.28. The van der Waals surface area contributed by atoms with E-state index < -0.39 is 63.9 Å². The number of carboxylic acid groups (broad SMARTS) is 1. The van der Waals surface area contributed by atoms with Gasteiger partial charge in [0.25, 0.3) is 0 Å². The van der Waals surface area contributed by atoms with E-state index in [1.807, 2.05) is 0 Å². The first-order valence-corrected chi connectivity index (χ1v) is 12.3. The van der Waals surface area contributed by atoms with Crippen molar-refractivity contribution >= 4 is 47.4 Å². The predicted octanol–water partition coefficient (Wildman–Crippen LogP) is -0.240. The molecule has 3 heterocycles. The van der Waals surface area contributed by atoms with Crippen molar-refractivity contribution in [2.24, 2.45) is 0 Å². The Bertz CT molecular complexity index is 1130. The molecule has 0 spiro atoms. The lowest BCUT2D eigenvalue weighted by molar-refractivity contribution is -0.161. The number of hydrogen-bond donors (Lipinski definition) is 3. The van der Waals surface area contributed by atoms with Crippen LogP contribution in [0.25, 0.3) is 0 Å². The fourth-order valence-corrected chi connectivity index (χ4v) is 6.32. The molecule has 3 saturated heterocycles. The second-order valence-corrected chi connectivity index (χ2v) is 11.0. The fraction of sp³-hybridized carbons (Fsp3) is 0.478. The third kappa shape index (κ3) is 4.27. The lowest BCUT2D eigenvalue weighted by atomic mass is 9.95. The molecule has 36 heavy (non-hydrogen) atoms. The van der Waals surface area contributed by atoms with Gasteiger partial charge in [-0.05, 0) is 26.3 Å². The molecule has 3 N–H and O–H groups in total. The van der Waals surface area contributed by atoms with Crippen molar-refractivity contribution in [3.05, 3.63) is 35.9 Å². The number of amides is 6. The van der Waals surface area contributed by atoms with E-state index in [0.717, 1.165) is 4.90 Å². The third-order valence-electron chi connectivity index (χ3n) is 6.57. The van der Waals surface area contributed by atoms with Gasteiger partial charge in [-0.15, -0.1) is 11.8 Å². The number of fused-ring (bicyclic) bond motifs is 1. The lowest BCUT2D eigenvalue weighted by Gasteiger charge is -2.44. The van der Waals surface area contributed by atoms with Gasteiger partial charge in [0.15, 0.2) is 0 Å². The van der Waals surface area contributed by atoms with Crippen LogP contribution in [-0.2, 0) is 24.0 Å². The quantitative estimate of drug-likeness (QED) is 0.345. The zero-order chi connectivity index (χ0) is 26.4. The molecular weight excluding hydrogens is 490 g/mol. The van der Waals surface area contributed by atoms with Gasteiger partial charge in [0.05, 0.1) is 0 Å². The Morgan fingerprint density at radius 3 is 2.39 bits per heavy atom. The Morgan fingerprint density at radius 2 is 1.78 bits per heavy atom. The summed E-state index contributed by atoms with van der Waals surface area (Å²) in [7, 11) is 0. The summed E-state index contributed by atoms with van der Waals surface area (Å²) in [6.07, 6.45) is 0. The van der Waals surface area contributed by atoms with Crippen LogP contribution in [0.1, 0.15) is 32.4 Å². The highest BCUT2D eigenvalue weighted by Gasteiger charge is 2.64. The molecule has 4 atom stereocenters. The Labute approximate surface area is 211 Å². The number of benzene rings is 1. The minimum Gasteiger partial charge on any atom is -0.480 e. The molecule has 3 aliphatic heterocycles. The standard InChI is InChI=1S/C23H27N5O7S/c1-4-26-10-11-27(19(32)18(26)31)22(35)25-13(12-8-6-5-7-9-12)16(29)24-14-17(30)28-15(21(33)34)23(2,3)36-20(14)28/h5-9,13-15,20H,4,10-11H2,1-3H3,(H,24,29)(H,25,35)(H,33,34)/t13-,14-,15-,20+/m0/s1. The maximum atomic E-state index is 13.3. The number of likely N-dealkylation sites (N-methyl/N-ethyl adjacent to an activating group) is 1. The Kier molecular flexibility index (Phi) is 6.69. The highest BCUT2D eigenvalue weighted by molar-refractivity contribution is 8.01. The van der Waals surface area contributed by atoms with Crippen LogP contribution in [0.2, 0.25) is 0 Å². The van der Waals surface area contributed by atoms with Crippen LogP contribution in [0.5, 0.6) is 0 Å². The average Bonchev–Trinajstić information content (AvgIpc) is 3.10. The van der Waals surface area contributed by atoms with Gasteiger partial charge in [-0.2, -0.15) is 0 Å². The summed E-state index contributed by atoms with van der Waals surface area (Å²) < 4.78 is -0.758. The van der Waals surface area contributed by atoms with Crippen molar-refractivity contribution in [2.75, 3.05) is 19.6 Å². The largest absolute Gasteiger partial charge is 0.480 e. The average molecular weight is 518 g/mol. The molecule has 192 valence electrons. The molecule has 1 aromatic carbocycles. The molecule has 4 rings (SSSR count). The predicted molar refractivity (Wildman–Crippen MR) is 127 cm³/mol. The molecule has 12 nitrogen and oxygen atoms in total. The molecule has 0 saturated carbocycles. The van der Waals surface area contributed by atoms with Crippen LogP contribution in [0.3, 0.4) is 0 Å². The highest BCUT2D eigenvalue weighted by Crippen LogP contribution is 2.50. The fourth-order valence-electron chi connectivity index (χ4n) is 4.70. The molecule has 3 aliphatic rings. The van der Waals surface area contributed by atoms with E-state index in [1.54, 1.807) is 51.1 Å². The molecule has 0 radical (unpaired) electrons. The third-order valence-corrected chi connectivity index (χ3v) is 8.14. The molecule has 6 amide bonds. The number of nitrogens with one attached hydrogen (secondary N) is 2. The number of β-lactam (4-membered cyclic amide) rings is 1. The topological polar surface area (TPSA) is 156 Å². The van der Waals surface area contributed by atoms with Crippen molar-refractivity contribution in [3.8, 4) is 0 Å². The molecule has 13 heteroatoms. The number of hydrogen-bond acceptors (Lipinski definition) is 7. The smallest absolute Gasteiger partial charge is 0.327 e. The maximum Gasteiger partial charge on any atom is 0.327 e. The van der Waals surface area contributed by atoms with Crippen LogP contribution >= 0.6 is 11.8 Å². The monoisotopic (exact) mass is 517 g/mol. The first-order chi connectivity index (χ1) is 17.0. The number of rotatable bonds is 6. The van der Waals surface area contributed by atoms with E-state index in [9.17, 15) is 33.9 Å². The minimum absolute atomic E-state index is 0.0200. The van der Waals surface area contributed by atoms with Gasteiger partial charge in [0.1, 0.15) is 23.5 Å². The van der Waals surface area contributed by atoms with Crippen LogP contribution in [0.4, 0.5) is 4.79 Å². The van der Waals surface area contributed by atoms with Gasteiger partial charge in [0, 0.05) is 24.4 Å². The van der Waals surface area contributed by atoms with Crippen molar-refractivity contribution in [3.63, 3.8) is 0 Å². The van der Waals surface area contributed by atoms with Crippen LogP contribution < -0.4 is 10.6 Å². The van der Waals surface area contributed by atoms with Gasteiger partial charge >= 0.3 is 23.8 Å². The van der Waals surface area contributed by atoms with E-state index in [-0.39, 0.29) is 13.1 Å². The Balaban J connectivity index is 1.51. The van der Waals surface area contributed by atoms with Gasteiger partial charge in [-0.25, -0.2) is 9.59 Å². The normalized spacial score (nSPS) is 25.7. The molecule has 0 aliphatic carbocycles. The van der Waals surface area contributed by atoms with Crippen molar-refractivity contribution in [1.82, 2.24) is 25.3 Å². The van der Waals surface area contributed by atoms with Crippen LogP contribution in [0.15, 0.2) is 30.3 Å². The van der Waals surface area contributed by atoms with Crippen LogP contribution in [0, 0.1) is 0 Å². The zero-order valence-electron chi connectivity index (χ0n) is 20.0. The summed E-state index contributed by atoms with van der Waals surface area (Å²) in [5, 5.41) is 14.2. The summed E-state index contributed by atoms with van der Waals surface area (Å²) in [6.45, 7) is 5.67. The summed E-state index contributed by atoms with van der Waals surface area (Å²) in [6, 6.07) is 4.11. The molecule has 1 aromatic rings. The number of imide groups is 1. The number of piperazine rings is 1. The second kappa shape index (κ2) is 9.45. The molecule has 0 aromatic heterocycles. The zero-order valence-corrected chi connectivity index (χ0v) is 20.8. The number of urea groups is 1. The van der Waals surface area contributed by atoms with E-state index in [0.29, 0.717) is 12.1 Å². The summed E-state index contributed by atoms with van der Waals surface area (Å²) in [5.74, 6) is -4.12. The van der Waals surface area contributed by atoms with Gasteiger partial charge in [-0.1, -0.05) is 30.3 Å². The maximum absolute atomic E-state index is 13.3. The number of carbonyl (C=O) groups excluding carboxylic acids is 5. The number of aliphatic carboxylic acids is 1. The van der Waals surface area contributed by atoms with Crippen molar-refractivity contribution in [1.29, 1.82) is 0 Å². The molecular formula is C23H27N5O7S. The number of thioether (sulfide) groups is 1. The SMILES string of the molecule is CCN1CCN(C(=O)N[C@H](C(=O)N[C@H]2C(=O)N3[C@@H]2SC(C)(C)[C@@H]3C(=O)O)c2ccccc2)C(=O)C1=O. The lowest BCUT2D eigenvalue weighted by Crippen LogP contribution is -2.71. The minimum atomic E-state index is -1.26. The number of nitrogens with zero attached hydrogens (tertiary/aromatic N) is 3. The number of carboxylic acids is 1. The van der Waals surface area contributed by atoms with E-state index in [2.05, 4.69) is 10.6 Å². The van der Waals surface area contributed by atoms with E-state index in [4.69, 9.17) is 0 Å². The Hall–Kier alpha value is -3.61. The van der Waals surface area contributed by atoms with Crippen molar-refractivity contribution < 1.29 is 33.9 Å². The molecule has 3 fully saturated rings. The molecule has 0 bridgehead atoms. The number of carbonyl (C=O) groups is 6. The first-order valence-electron chi connectivity index (χ1n) is 11.5.